The van der Waals surface area contributed by atoms with Gasteiger partial charge in [0.15, 0.2) is 0 Å². The highest BCUT2D eigenvalue weighted by Gasteiger charge is 2.15. The first kappa shape index (κ1) is 15.6. The number of nitrogens with one attached hydrogen (secondary N) is 2. The molecule has 0 amide bonds. The molecule has 0 saturated heterocycles. The zero-order valence-electron chi connectivity index (χ0n) is 11.4. The van der Waals surface area contributed by atoms with Crippen LogP contribution in [0.25, 0.3) is 0 Å². The Morgan fingerprint density at radius 3 is 2.63 bits per heavy atom. The van der Waals surface area contributed by atoms with Crippen molar-refractivity contribution in [3.8, 4) is 0 Å². The van der Waals surface area contributed by atoms with Gasteiger partial charge in [-0.25, -0.2) is 0 Å². The van der Waals surface area contributed by atoms with Gasteiger partial charge in [-0.3, -0.25) is 4.79 Å². The monoisotopic (exact) mass is 265 g/mol. The first-order valence-corrected chi connectivity index (χ1v) is 6.54. The fraction of sp³-hybridized carbons (Fsp3) is 0.500. The van der Waals surface area contributed by atoms with Gasteiger partial charge in [-0.2, -0.15) is 0 Å². The average Bonchev–Trinajstić information content (AvgIpc) is 2.46. The molecule has 1 unspecified atom stereocenters. The van der Waals surface area contributed by atoms with Crippen LogP contribution in [0.3, 0.4) is 0 Å². The number of esters is 1. The number of benzene rings is 1. The van der Waals surface area contributed by atoms with E-state index in [-0.39, 0.29) is 12.0 Å². The first-order chi connectivity index (χ1) is 9.27. The van der Waals surface area contributed by atoms with E-state index in [1.165, 1.54) is 7.11 Å². The van der Waals surface area contributed by atoms with Gasteiger partial charge >= 0.3 is 5.97 Å². The summed E-state index contributed by atoms with van der Waals surface area (Å²) >= 11 is 0. The van der Waals surface area contributed by atoms with Gasteiger partial charge in [0.2, 0.25) is 0 Å². The molecule has 1 rings (SSSR count). The molecule has 0 radical (unpaired) electrons. The highest BCUT2D eigenvalue weighted by Crippen LogP contribution is 2.16. The zero-order valence-corrected chi connectivity index (χ0v) is 11.4. The quantitative estimate of drug-likeness (QED) is 0.446. The first-order valence-electron chi connectivity index (χ1n) is 6.54. The highest BCUT2D eigenvalue weighted by molar-refractivity contribution is 5.70. The molecule has 1 aromatic carbocycles. The Kier molecular flexibility index (Phi) is 7.81. The summed E-state index contributed by atoms with van der Waals surface area (Å²) < 4.78 is 4.74. The van der Waals surface area contributed by atoms with E-state index in [0.717, 1.165) is 25.2 Å². The van der Waals surface area contributed by atoms with Crippen molar-refractivity contribution in [3.63, 3.8) is 0 Å². The maximum Gasteiger partial charge on any atom is 0.307 e. The van der Waals surface area contributed by atoms with E-state index < -0.39 is 0 Å². The molecule has 106 valence electrons. The molecule has 0 spiro atoms. The van der Waals surface area contributed by atoms with Crippen LogP contribution in [0.1, 0.15) is 18.0 Å². The van der Waals surface area contributed by atoms with Crippen molar-refractivity contribution in [2.75, 3.05) is 33.3 Å². The number of hydrogen-bond donors (Lipinski definition) is 3. The summed E-state index contributed by atoms with van der Waals surface area (Å²) in [7, 11) is 1.41. The highest BCUT2D eigenvalue weighted by atomic mass is 16.5. The Balaban J connectivity index is 2.48. The van der Waals surface area contributed by atoms with E-state index in [1.54, 1.807) is 0 Å². The molecule has 5 heteroatoms. The largest absolute Gasteiger partial charge is 0.469 e. The van der Waals surface area contributed by atoms with E-state index in [9.17, 15) is 4.79 Å². The maximum absolute atomic E-state index is 11.4. The second kappa shape index (κ2) is 9.49. The van der Waals surface area contributed by atoms with Gasteiger partial charge in [-0.1, -0.05) is 30.3 Å². The van der Waals surface area contributed by atoms with Gasteiger partial charge in [-0.05, 0) is 5.56 Å². The van der Waals surface area contributed by atoms with Crippen molar-refractivity contribution in [2.45, 2.75) is 12.5 Å². The molecule has 1 aromatic rings. The molecule has 0 heterocycles. The Morgan fingerprint density at radius 1 is 1.26 bits per heavy atom. The Morgan fingerprint density at radius 2 is 2.00 bits per heavy atom. The van der Waals surface area contributed by atoms with E-state index in [1.807, 2.05) is 30.3 Å². The summed E-state index contributed by atoms with van der Waals surface area (Å²) in [5.74, 6) is -0.212. The van der Waals surface area contributed by atoms with Gasteiger partial charge < -0.3 is 21.1 Å². The molecule has 1 atom stereocenters. The predicted octanol–water partition coefficient (Wildman–Crippen LogP) is 0.429. The fourth-order valence-electron chi connectivity index (χ4n) is 1.81. The van der Waals surface area contributed by atoms with Crippen LogP contribution in [0, 0.1) is 0 Å². The third-order valence-electron chi connectivity index (χ3n) is 2.81. The van der Waals surface area contributed by atoms with Crippen molar-refractivity contribution in [2.24, 2.45) is 5.73 Å². The fourth-order valence-corrected chi connectivity index (χ4v) is 1.81. The lowest BCUT2D eigenvalue weighted by atomic mass is 10.0. The molecular formula is C14H23N3O2. The van der Waals surface area contributed by atoms with Crippen LogP contribution in [-0.4, -0.2) is 39.3 Å². The number of rotatable bonds is 9. The third-order valence-corrected chi connectivity index (χ3v) is 2.81. The number of methoxy groups -OCH3 is 1. The van der Waals surface area contributed by atoms with E-state index in [2.05, 4.69) is 10.6 Å². The number of carbonyl (C=O) groups is 1. The van der Waals surface area contributed by atoms with Crippen molar-refractivity contribution in [1.82, 2.24) is 10.6 Å². The number of hydrogen-bond acceptors (Lipinski definition) is 5. The molecule has 0 saturated carbocycles. The molecule has 0 aliphatic carbocycles. The Labute approximate surface area is 114 Å². The summed E-state index contributed by atoms with van der Waals surface area (Å²) in [6, 6.07) is 9.89. The van der Waals surface area contributed by atoms with Crippen LogP contribution in [0.4, 0.5) is 0 Å². The zero-order chi connectivity index (χ0) is 13.9. The van der Waals surface area contributed by atoms with Crippen molar-refractivity contribution in [1.29, 1.82) is 0 Å². The Hall–Kier alpha value is -1.43. The maximum atomic E-state index is 11.4. The van der Waals surface area contributed by atoms with E-state index in [0.29, 0.717) is 13.0 Å². The minimum Gasteiger partial charge on any atom is -0.469 e. The van der Waals surface area contributed by atoms with Gasteiger partial charge in [0.1, 0.15) is 0 Å². The standard InChI is InChI=1S/C14H23N3O2/c1-19-14(18)11-13(12-5-3-2-4-6-12)17-10-9-16-8-7-15/h2-6,13,16-17H,7-11,15H2,1H3. The molecule has 0 aliphatic heterocycles. The molecule has 0 fully saturated rings. The van der Waals surface area contributed by atoms with E-state index in [4.69, 9.17) is 10.5 Å². The number of nitrogens with two attached hydrogens (primary N) is 1. The molecule has 0 bridgehead atoms. The van der Waals surface area contributed by atoms with Crippen LogP contribution in [0.2, 0.25) is 0 Å². The normalized spacial score (nSPS) is 12.1. The lowest BCUT2D eigenvalue weighted by molar-refractivity contribution is -0.141. The van der Waals surface area contributed by atoms with E-state index >= 15 is 0 Å². The van der Waals surface area contributed by atoms with Gasteiger partial charge in [-0.15, -0.1) is 0 Å². The van der Waals surface area contributed by atoms with Crippen LogP contribution >= 0.6 is 0 Å². The number of carbonyl (C=O) groups excluding carboxylic acids is 1. The second-order valence-electron chi connectivity index (χ2n) is 4.24. The minimum absolute atomic E-state index is 0.0201. The Bertz CT molecular complexity index is 357. The summed E-state index contributed by atoms with van der Waals surface area (Å²) in [5.41, 5.74) is 6.49. The summed E-state index contributed by atoms with van der Waals surface area (Å²) in [6.07, 6.45) is 0.331. The predicted molar refractivity (Wildman–Crippen MR) is 75.7 cm³/mol. The van der Waals surface area contributed by atoms with Crippen molar-refractivity contribution in [3.05, 3.63) is 35.9 Å². The average molecular weight is 265 g/mol. The lowest BCUT2D eigenvalue weighted by Gasteiger charge is -2.18. The number of ether oxygens (including phenoxy) is 1. The lowest BCUT2D eigenvalue weighted by Crippen LogP contribution is -2.33. The minimum atomic E-state index is -0.212. The molecule has 0 aromatic heterocycles. The molecule has 0 aliphatic rings. The molecule has 19 heavy (non-hydrogen) atoms. The van der Waals surface area contributed by atoms with Crippen LogP contribution in [0.15, 0.2) is 30.3 Å². The van der Waals surface area contributed by atoms with Crippen molar-refractivity contribution < 1.29 is 9.53 Å². The topological polar surface area (TPSA) is 76.4 Å². The van der Waals surface area contributed by atoms with Crippen LogP contribution < -0.4 is 16.4 Å². The second-order valence-corrected chi connectivity index (χ2v) is 4.24. The van der Waals surface area contributed by atoms with Gasteiger partial charge in [0.05, 0.1) is 13.5 Å². The summed E-state index contributed by atoms with van der Waals surface area (Å²) in [5, 5.41) is 6.56. The van der Waals surface area contributed by atoms with Crippen LogP contribution in [-0.2, 0) is 9.53 Å². The van der Waals surface area contributed by atoms with Crippen molar-refractivity contribution >= 4 is 5.97 Å². The summed E-state index contributed by atoms with van der Waals surface area (Å²) in [6.45, 7) is 3.03. The third kappa shape index (κ3) is 6.33. The smallest absolute Gasteiger partial charge is 0.307 e. The molecule has 5 nitrogen and oxygen atoms in total. The molecule has 4 N–H and O–H groups in total. The van der Waals surface area contributed by atoms with Gasteiger partial charge in [0, 0.05) is 32.2 Å². The SMILES string of the molecule is COC(=O)CC(NCCNCCN)c1ccccc1. The van der Waals surface area contributed by atoms with Gasteiger partial charge in [0.25, 0.3) is 0 Å². The molecular weight excluding hydrogens is 242 g/mol. The van der Waals surface area contributed by atoms with Crippen LogP contribution in [0.5, 0.6) is 0 Å². The summed E-state index contributed by atoms with van der Waals surface area (Å²) in [4.78, 5) is 11.4.